The van der Waals surface area contributed by atoms with Crippen LogP contribution in [0, 0.1) is 0 Å². The number of aromatic nitrogens is 1. The maximum Gasteiger partial charge on any atom is 0.178 e. The fraction of sp³-hybridized carbons (Fsp3) is 0.0769. The van der Waals surface area contributed by atoms with Gasteiger partial charge in [0.15, 0.2) is 11.3 Å². The maximum absolute atomic E-state index is 6.75. The molecule has 0 atom stereocenters. The van der Waals surface area contributed by atoms with Gasteiger partial charge in [0.2, 0.25) is 0 Å². The van der Waals surface area contributed by atoms with E-state index in [0.29, 0.717) is 0 Å². The van der Waals surface area contributed by atoms with Gasteiger partial charge in [-0.15, -0.1) is 0 Å². The van der Waals surface area contributed by atoms with Crippen LogP contribution in [-0.4, -0.2) is 4.57 Å². The first-order valence-corrected chi connectivity index (χ1v) is 14.4. The largest absolute Gasteiger partial charge is 0.453 e. The average molecular weight is 542 g/mol. The Hall–Kier alpha value is -5.28. The highest BCUT2D eigenvalue weighted by atomic mass is 16.5. The fourth-order valence-corrected chi connectivity index (χ4v) is 6.92. The van der Waals surface area contributed by atoms with Crippen molar-refractivity contribution < 1.29 is 9.15 Å². The zero-order valence-corrected chi connectivity index (χ0v) is 23.4. The van der Waals surface area contributed by atoms with E-state index in [0.717, 1.165) is 55.8 Å². The molecule has 0 amide bonds. The van der Waals surface area contributed by atoms with E-state index in [9.17, 15) is 0 Å². The van der Waals surface area contributed by atoms with E-state index in [1.54, 1.807) is 0 Å². The monoisotopic (exact) mass is 541 g/mol. The van der Waals surface area contributed by atoms with Gasteiger partial charge < -0.3 is 13.7 Å². The van der Waals surface area contributed by atoms with Gasteiger partial charge in [-0.1, -0.05) is 98.8 Å². The predicted octanol–water partition coefficient (Wildman–Crippen LogP) is 10.8. The molecule has 3 heterocycles. The molecule has 0 bridgehead atoms. The Morgan fingerprint density at radius 3 is 2.10 bits per heavy atom. The molecule has 1 aliphatic heterocycles. The van der Waals surface area contributed by atoms with Gasteiger partial charge in [-0.05, 0) is 53.6 Å². The molecule has 6 aromatic carbocycles. The van der Waals surface area contributed by atoms with Crippen LogP contribution in [-0.2, 0) is 5.41 Å². The van der Waals surface area contributed by atoms with Gasteiger partial charge >= 0.3 is 0 Å². The molecular formula is C39H27NO2. The summed E-state index contributed by atoms with van der Waals surface area (Å²) >= 11 is 0. The molecule has 9 rings (SSSR count). The number of furan rings is 1. The van der Waals surface area contributed by atoms with Crippen molar-refractivity contribution in [3.8, 4) is 28.3 Å². The van der Waals surface area contributed by atoms with E-state index < -0.39 is 0 Å². The quantitative estimate of drug-likeness (QED) is 0.218. The summed E-state index contributed by atoms with van der Waals surface area (Å²) in [7, 11) is 0. The molecule has 0 aliphatic carbocycles. The summed E-state index contributed by atoms with van der Waals surface area (Å²) in [6.07, 6.45) is 0. The van der Waals surface area contributed by atoms with Crippen molar-refractivity contribution in [2.24, 2.45) is 0 Å². The highest BCUT2D eigenvalue weighted by Gasteiger charge is 2.36. The van der Waals surface area contributed by atoms with E-state index in [-0.39, 0.29) is 5.41 Å². The van der Waals surface area contributed by atoms with Gasteiger partial charge in [0, 0.05) is 43.8 Å². The lowest BCUT2D eigenvalue weighted by Crippen LogP contribution is -2.24. The number of nitrogens with zero attached hydrogens (tertiary/aromatic N) is 1. The number of ether oxygens (including phenoxy) is 1. The number of para-hydroxylation sites is 3. The molecule has 0 saturated carbocycles. The molecule has 0 radical (unpaired) electrons. The van der Waals surface area contributed by atoms with Crippen LogP contribution >= 0.6 is 0 Å². The zero-order valence-electron chi connectivity index (χ0n) is 23.4. The van der Waals surface area contributed by atoms with Crippen LogP contribution < -0.4 is 4.74 Å². The first-order valence-electron chi connectivity index (χ1n) is 14.4. The van der Waals surface area contributed by atoms with E-state index in [2.05, 4.69) is 134 Å². The van der Waals surface area contributed by atoms with E-state index in [4.69, 9.17) is 9.15 Å². The van der Waals surface area contributed by atoms with E-state index >= 15 is 0 Å². The first-order chi connectivity index (χ1) is 20.6. The molecule has 42 heavy (non-hydrogen) atoms. The number of benzene rings is 6. The molecule has 1 aliphatic rings. The van der Waals surface area contributed by atoms with Crippen molar-refractivity contribution in [2.75, 3.05) is 0 Å². The molecule has 0 unspecified atom stereocenters. The molecular weight excluding hydrogens is 514 g/mol. The van der Waals surface area contributed by atoms with Crippen LogP contribution in [0.1, 0.15) is 25.0 Å². The number of hydrogen-bond donors (Lipinski definition) is 0. The Labute approximate surface area is 243 Å². The van der Waals surface area contributed by atoms with Gasteiger partial charge in [0.05, 0.1) is 11.0 Å². The fourth-order valence-electron chi connectivity index (χ4n) is 6.92. The SMILES string of the molecule is CC1(C)c2ccc(-c3ccc4c5ccccc5n(-c5ccccc5)c4c3)cc2Oc2c1ccc1c2oc2ccccc21. The van der Waals surface area contributed by atoms with Crippen LogP contribution in [0.15, 0.2) is 132 Å². The van der Waals surface area contributed by atoms with E-state index in [1.165, 1.54) is 27.4 Å². The van der Waals surface area contributed by atoms with Gasteiger partial charge in [0.1, 0.15) is 11.3 Å². The molecule has 200 valence electrons. The van der Waals surface area contributed by atoms with Crippen molar-refractivity contribution in [2.45, 2.75) is 19.3 Å². The Bertz CT molecular complexity index is 2350. The third-order valence-electron chi connectivity index (χ3n) is 9.06. The molecule has 0 spiro atoms. The summed E-state index contributed by atoms with van der Waals surface area (Å²) < 4.78 is 15.5. The van der Waals surface area contributed by atoms with Crippen LogP contribution in [0.4, 0.5) is 0 Å². The van der Waals surface area contributed by atoms with Gasteiger partial charge in [0.25, 0.3) is 0 Å². The third-order valence-corrected chi connectivity index (χ3v) is 9.06. The summed E-state index contributed by atoms with van der Waals surface area (Å²) in [5, 5.41) is 4.69. The molecule has 0 fully saturated rings. The average Bonchev–Trinajstić information content (AvgIpc) is 3.57. The summed E-state index contributed by atoms with van der Waals surface area (Å²) in [6.45, 7) is 4.54. The first kappa shape index (κ1) is 23.4. The third kappa shape index (κ3) is 3.16. The molecule has 0 saturated heterocycles. The number of hydrogen-bond acceptors (Lipinski definition) is 2. The minimum absolute atomic E-state index is 0.238. The lowest BCUT2D eigenvalue weighted by molar-refractivity contribution is 0.415. The molecule has 3 heteroatoms. The highest BCUT2D eigenvalue weighted by molar-refractivity contribution is 6.10. The second-order valence-corrected chi connectivity index (χ2v) is 11.8. The zero-order chi connectivity index (χ0) is 28.0. The summed E-state index contributed by atoms with van der Waals surface area (Å²) in [5.41, 5.74) is 9.59. The number of fused-ring (bicyclic) bond motifs is 9. The second-order valence-electron chi connectivity index (χ2n) is 11.8. The summed E-state index contributed by atoms with van der Waals surface area (Å²) in [6, 6.07) is 45.2. The second kappa shape index (κ2) is 8.37. The van der Waals surface area contributed by atoms with E-state index in [1.807, 2.05) is 12.1 Å². The Morgan fingerprint density at radius 2 is 1.21 bits per heavy atom. The normalized spacial score (nSPS) is 13.9. The smallest absolute Gasteiger partial charge is 0.178 e. The Morgan fingerprint density at radius 1 is 0.548 bits per heavy atom. The highest BCUT2D eigenvalue weighted by Crippen LogP contribution is 2.52. The number of rotatable bonds is 2. The molecule has 2 aromatic heterocycles. The standard InChI is InChI=1S/C39H27NO2/c1-39(2)31-20-17-25(23-36(31)42-38-32(39)21-19-30-29-13-7-9-15-35(29)41-37(30)38)24-16-18-28-27-12-6-8-14-33(27)40(34(28)22-24)26-10-4-3-5-11-26/h3-23H,1-2H3. The predicted molar refractivity (Wildman–Crippen MR) is 172 cm³/mol. The lowest BCUT2D eigenvalue weighted by Gasteiger charge is -2.34. The molecule has 3 nitrogen and oxygen atoms in total. The van der Waals surface area contributed by atoms with Crippen molar-refractivity contribution in [1.82, 2.24) is 4.57 Å². The van der Waals surface area contributed by atoms with Gasteiger partial charge in [-0.25, -0.2) is 0 Å². The van der Waals surface area contributed by atoms with Crippen molar-refractivity contribution in [3.63, 3.8) is 0 Å². The van der Waals surface area contributed by atoms with Crippen LogP contribution in [0.5, 0.6) is 11.5 Å². The van der Waals surface area contributed by atoms with Gasteiger partial charge in [-0.3, -0.25) is 0 Å². The Balaban J connectivity index is 1.23. The van der Waals surface area contributed by atoms with Crippen LogP contribution in [0.2, 0.25) is 0 Å². The summed E-state index contributed by atoms with van der Waals surface area (Å²) in [4.78, 5) is 0. The van der Waals surface area contributed by atoms with Crippen molar-refractivity contribution >= 4 is 43.7 Å². The minimum Gasteiger partial charge on any atom is -0.453 e. The minimum atomic E-state index is -0.238. The summed E-state index contributed by atoms with van der Waals surface area (Å²) in [5.74, 6) is 1.69. The molecule has 0 N–H and O–H groups in total. The topological polar surface area (TPSA) is 27.3 Å². The lowest BCUT2D eigenvalue weighted by atomic mass is 9.75. The Kier molecular flexibility index (Phi) is 4.67. The van der Waals surface area contributed by atoms with Crippen LogP contribution in [0.25, 0.3) is 60.6 Å². The maximum atomic E-state index is 6.75. The molecule has 8 aromatic rings. The van der Waals surface area contributed by atoms with Crippen molar-refractivity contribution in [1.29, 1.82) is 0 Å². The van der Waals surface area contributed by atoms with Gasteiger partial charge in [-0.2, -0.15) is 0 Å². The van der Waals surface area contributed by atoms with Crippen LogP contribution in [0.3, 0.4) is 0 Å². The van der Waals surface area contributed by atoms with Crippen molar-refractivity contribution in [3.05, 3.63) is 139 Å².